The third-order valence-electron chi connectivity index (χ3n) is 3.17. The van der Waals surface area contributed by atoms with E-state index in [-0.39, 0.29) is 28.2 Å². The van der Waals surface area contributed by atoms with Crippen molar-refractivity contribution in [2.24, 2.45) is 5.92 Å². The van der Waals surface area contributed by atoms with Crippen LogP contribution in [-0.2, 0) is 0 Å². The van der Waals surface area contributed by atoms with Gasteiger partial charge in [-0.2, -0.15) is 0 Å². The molecule has 1 saturated carbocycles. The van der Waals surface area contributed by atoms with Crippen molar-refractivity contribution in [1.29, 1.82) is 0 Å². The molecule has 2 rings (SSSR count). The fourth-order valence-corrected chi connectivity index (χ4v) is 2.22. The van der Waals surface area contributed by atoms with Crippen LogP contribution in [0.4, 0.5) is 5.69 Å². The van der Waals surface area contributed by atoms with Gasteiger partial charge in [0, 0.05) is 18.2 Å². The van der Waals surface area contributed by atoms with Gasteiger partial charge in [-0.15, -0.1) is 0 Å². The highest BCUT2D eigenvalue weighted by Gasteiger charge is 2.25. The summed E-state index contributed by atoms with van der Waals surface area (Å²) in [6.45, 7) is 1.93. The topological polar surface area (TPSA) is 72.2 Å². The molecule has 1 N–H and O–H groups in total. The molecule has 1 aromatic rings. The monoisotopic (exact) mass is 282 g/mol. The number of non-ortho nitro benzene ring substituents is 1. The number of benzene rings is 1. The molecule has 0 saturated heterocycles. The number of rotatable bonds is 5. The molecule has 102 valence electrons. The van der Waals surface area contributed by atoms with Crippen molar-refractivity contribution in [3.8, 4) is 0 Å². The number of amides is 1. The van der Waals surface area contributed by atoms with Crippen LogP contribution in [0.2, 0.25) is 5.02 Å². The minimum absolute atomic E-state index is 0.0512. The van der Waals surface area contributed by atoms with Gasteiger partial charge in [-0.1, -0.05) is 24.4 Å². The molecule has 0 spiro atoms. The lowest BCUT2D eigenvalue weighted by molar-refractivity contribution is -0.384. The molecule has 0 bridgehead atoms. The summed E-state index contributed by atoms with van der Waals surface area (Å²) in [6, 6.07) is 3.92. The van der Waals surface area contributed by atoms with Gasteiger partial charge in [0.1, 0.15) is 0 Å². The SMILES string of the molecule is CC(CC1CC1)NC(=O)c1cc([N+](=O)[O-])ccc1Cl. The Balaban J connectivity index is 2.08. The van der Waals surface area contributed by atoms with E-state index in [4.69, 9.17) is 11.6 Å². The molecular formula is C13H15ClN2O3. The summed E-state index contributed by atoms with van der Waals surface area (Å²) in [7, 11) is 0. The first-order valence-electron chi connectivity index (χ1n) is 6.22. The molecule has 1 fully saturated rings. The molecule has 0 heterocycles. The standard InChI is InChI=1S/C13H15ClN2O3/c1-8(6-9-2-3-9)15-13(17)11-7-10(16(18)19)4-5-12(11)14/h4-5,7-9H,2-3,6H2,1H3,(H,15,17). The van der Waals surface area contributed by atoms with Crippen molar-refractivity contribution in [3.05, 3.63) is 38.9 Å². The number of halogens is 1. The second kappa shape index (κ2) is 5.57. The highest BCUT2D eigenvalue weighted by atomic mass is 35.5. The largest absolute Gasteiger partial charge is 0.350 e. The zero-order chi connectivity index (χ0) is 14.0. The fraction of sp³-hybridized carbons (Fsp3) is 0.462. The number of carbonyl (C=O) groups is 1. The molecular weight excluding hydrogens is 268 g/mol. The molecule has 1 aliphatic carbocycles. The van der Waals surface area contributed by atoms with Crippen LogP contribution in [0.15, 0.2) is 18.2 Å². The van der Waals surface area contributed by atoms with E-state index in [1.165, 1.54) is 31.0 Å². The van der Waals surface area contributed by atoms with Crippen LogP contribution < -0.4 is 5.32 Å². The summed E-state index contributed by atoms with van der Waals surface area (Å²) >= 11 is 5.91. The Kier molecular flexibility index (Phi) is 4.04. The Bertz CT molecular complexity index is 515. The first-order chi connectivity index (χ1) is 8.97. The van der Waals surface area contributed by atoms with Crippen LogP contribution in [0.5, 0.6) is 0 Å². The summed E-state index contributed by atoms with van der Waals surface area (Å²) in [4.78, 5) is 22.2. The number of nitrogens with one attached hydrogen (secondary N) is 1. The molecule has 6 heteroatoms. The zero-order valence-electron chi connectivity index (χ0n) is 10.6. The normalized spacial score (nSPS) is 15.9. The highest BCUT2D eigenvalue weighted by molar-refractivity contribution is 6.33. The quantitative estimate of drug-likeness (QED) is 0.666. The number of carbonyl (C=O) groups excluding carboxylic acids is 1. The molecule has 0 aromatic heterocycles. The Labute approximate surface area is 116 Å². The van der Waals surface area contributed by atoms with Gasteiger partial charge < -0.3 is 5.32 Å². The Morgan fingerprint density at radius 3 is 2.84 bits per heavy atom. The number of nitro benzene ring substituents is 1. The molecule has 0 aliphatic heterocycles. The van der Waals surface area contributed by atoms with Crippen molar-refractivity contribution < 1.29 is 9.72 Å². The van der Waals surface area contributed by atoms with Crippen LogP contribution in [-0.4, -0.2) is 16.9 Å². The average Bonchev–Trinajstić information content (AvgIpc) is 3.12. The van der Waals surface area contributed by atoms with E-state index in [1.807, 2.05) is 6.92 Å². The van der Waals surface area contributed by atoms with Gasteiger partial charge in [-0.3, -0.25) is 14.9 Å². The summed E-state index contributed by atoms with van der Waals surface area (Å²) in [5, 5.41) is 13.7. The van der Waals surface area contributed by atoms with Crippen LogP contribution in [0.1, 0.15) is 36.5 Å². The van der Waals surface area contributed by atoms with Gasteiger partial charge in [0.2, 0.25) is 0 Å². The van der Waals surface area contributed by atoms with E-state index in [2.05, 4.69) is 5.32 Å². The highest BCUT2D eigenvalue weighted by Crippen LogP contribution is 2.33. The van der Waals surface area contributed by atoms with Crippen molar-refractivity contribution in [3.63, 3.8) is 0 Å². The maximum absolute atomic E-state index is 12.0. The lowest BCUT2D eigenvalue weighted by Crippen LogP contribution is -2.33. The molecule has 1 amide bonds. The van der Waals surface area contributed by atoms with Crippen LogP contribution in [0.3, 0.4) is 0 Å². The van der Waals surface area contributed by atoms with E-state index in [9.17, 15) is 14.9 Å². The van der Waals surface area contributed by atoms with E-state index in [1.54, 1.807) is 0 Å². The Hall–Kier alpha value is -1.62. The second-order valence-corrected chi connectivity index (χ2v) is 5.38. The number of hydrogen-bond acceptors (Lipinski definition) is 3. The number of hydrogen-bond donors (Lipinski definition) is 1. The zero-order valence-corrected chi connectivity index (χ0v) is 11.3. The van der Waals surface area contributed by atoms with Gasteiger partial charge in [0.05, 0.1) is 15.5 Å². The summed E-state index contributed by atoms with van der Waals surface area (Å²) in [6.07, 6.45) is 3.38. The summed E-state index contributed by atoms with van der Waals surface area (Å²) in [5.74, 6) is 0.345. The molecule has 1 aliphatic rings. The maximum Gasteiger partial charge on any atom is 0.270 e. The lowest BCUT2D eigenvalue weighted by atomic mass is 10.1. The first-order valence-corrected chi connectivity index (χ1v) is 6.60. The third-order valence-corrected chi connectivity index (χ3v) is 3.50. The number of nitro groups is 1. The minimum atomic E-state index is -0.541. The fourth-order valence-electron chi connectivity index (χ4n) is 2.01. The van der Waals surface area contributed by atoms with Crippen molar-refractivity contribution in [2.75, 3.05) is 0 Å². The summed E-state index contributed by atoms with van der Waals surface area (Å²) in [5.41, 5.74) is 0.0166. The van der Waals surface area contributed by atoms with E-state index < -0.39 is 4.92 Å². The minimum Gasteiger partial charge on any atom is -0.350 e. The molecule has 1 atom stereocenters. The average molecular weight is 283 g/mol. The van der Waals surface area contributed by atoms with Gasteiger partial charge >= 0.3 is 0 Å². The second-order valence-electron chi connectivity index (χ2n) is 4.97. The van der Waals surface area contributed by atoms with Crippen molar-refractivity contribution in [2.45, 2.75) is 32.2 Å². The van der Waals surface area contributed by atoms with E-state index in [0.717, 1.165) is 6.42 Å². The molecule has 5 nitrogen and oxygen atoms in total. The Morgan fingerprint density at radius 1 is 1.58 bits per heavy atom. The number of nitrogens with zero attached hydrogens (tertiary/aromatic N) is 1. The van der Waals surface area contributed by atoms with Gasteiger partial charge in [0.15, 0.2) is 0 Å². The van der Waals surface area contributed by atoms with Gasteiger partial charge in [0.25, 0.3) is 11.6 Å². The maximum atomic E-state index is 12.0. The molecule has 19 heavy (non-hydrogen) atoms. The van der Waals surface area contributed by atoms with Crippen LogP contribution >= 0.6 is 11.6 Å². The van der Waals surface area contributed by atoms with E-state index in [0.29, 0.717) is 5.92 Å². The third kappa shape index (κ3) is 3.67. The van der Waals surface area contributed by atoms with E-state index >= 15 is 0 Å². The lowest BCUT2D eigenvalue weighted by Gasteiger charge is -2.13. The summed E-state index contributed by atoms with van der Waals surface area (Å²) < 4.78 is 0. The van der Waals surface area contributed by atoms with Crippen LogP contribution in [0.25, 0.3) is 0 Å². The molecule has 1 aromatic carbocycles. The van der Waals surface area contributed by atoms with Gasteiger partial charge in [-0.05, 0) is 25.3 Å². The smallest absolute Gasteiger partial charge is 0.270 e. The van der Waals surface area contributed by atoms with Crippen LogP contribution in [0, 0.1) is 16.0 Å². The van der Waals surface area contributed by atoms with Gasteiger partial charge in [-0.25, -0.2) is 0 Å². The first kappa shape index (κ1) is 13.8. The predicted octanol–water partition coefficient (Wildman–Crippen LogP) is 3.17. The van der Waals surface area contributed by atoms with Crippen molar-refractivity contribution in [1.82, 2.24) is 5.32 Å². The Morgan fingerprint density at radius 2 is 2.26 bits per heavy atom. The van der Waals surface area contributed by atoms with Crippen molar-refractivity contribution >= 4 is 23.2 Å². The predicted molar refractivity (Wildman–Crippen MR) is 72.4 cm³/mol. The molecule has 0 radical (unpaired) electrons. The molecule has 1 unspecified atom stereocenters.